The quantitative estimate of drug-likeness (QED) is 0.174. The van der Waals surface area contributed by atoms with Crippen LogP contribution in [0.4, 0.5) is 0 Å². The van der Waals surface area contributed by atoms with Crippen molar-refractivity contribution >= 4 is 65.4 Å². The van der Waals surface area contributed by atoms with E-state index in [1.54, 1.807) is 0 Å². The standard InChI is InChI=1S/C46H30O6/c47-25-27-9-15-39-35(21-27)37-23-31(13-19-41(37)51-39)49-43-17-11-29-5-1-3-7-33(29)45(43)46-34-8-4-2-6-30(34)12-18-44(46)50-32-14-20-42-38(24-32)36-22-28(26-48)10-16-40(36)52-42/h1-24,47-48H,25-26H2. The molecule has 2 heterocycles. The number of aliphatic hydroxyl groups excluding tert-OH is 2. The number of benzene rings is 8. The molecule has 0 unspecified atom stereocenters. The lowest BCUT2D eigenvalue weighted by molar-refractivity contribution is 0.282. The van der Waals surface area contributed by atoms with E-state index in [9.17, 15) is 10.2 Å². The summed E-state index contributed by atoms with van der Waals surface area (Å²) in [5, 5.41) is 27.4. The second kappa shape index (κ2) is 12.0. The molecule has 0 atom stereocenters. The zero-order valence-electron chi connectivity index (χ0n) is 27.8. The highest BCUT2D eigenvalue weighted by Gasteiger charge is 2.21. The van der Waals surface area contributed by atoms with Gasteiger partial charge in [0.2, 0.25) is 0 Å². The Balaban J connectivity index is 1.16. The molecule has 0 radical (unpaired) electrons. The second-order valence-electron chi connectivity index (χ2n) is 13.0. The molecular weight excluding hydrogens is 648 g/mol. The van der Waals surface area contributed by atoms with Crippen molar-refractivity contribution in [3.63, 3.8) is 0 Å². The molecule has 2 N–H and O–H groups in total. The maximum atomic E-state index is 9.79. The summed E-state index contributed by atoms with van der Waals surface area (Å²) in [6.07, 6.45) is 0. The van der Waals surface area contributed by atoms with Crippen molar-refractivity contribution in [2.45, 2.75) is 13.2 Å². The van der Waals surface area contributed by atoms with Crippen LogP contribution in [0.2, 0.25) is 0 Å². The first-order valence-electron chi connectivity index (χ1n) is 17.2. The van der Waals surface area contributed by atoms with Crippen LogP contribution in [0.15, 0.2) is 154 Å². The molecule has 6 nitrogen and oxygen atoms in total. The molecule has 0 saturated carbocycles. The number of hydrogen-bond acceptors (Lipinski definition) is 6. The van der Waals surface area contributed by atoms with Crippen molar-refractivity contribution in [3.05, 3.63) is 157 Å². The largest absolute Gasteiger partial charge is 0.457 e. The van der Waals surface area contributed by atoms with Gasteiger partial charge in [0.1, 0.15) is 45.3 Å². The third kappa shape index (κ3) is 4.96. The lowest BCUT2D eigenvalue weighted by atomic mass is 9.92. The highest BCUT2D eigenvalue weighted by Crippen LogP contribution is 2.48. The third-order valence-corrected chi connectivity index (χ3v) is 9.86. The van der Waals surface area contributed by atoms with Crippen LogP contribution in [0.3, 0.4) is 0 Å². The van der Waals surface area contributed by atoms with Crippen LogP contribution < -0.4 is 9.47 Å². The fourth-order valence-corrected chi connectivity index (χ4v) is 7.37. The van der Waals surface area contributed by atoms with Gasteiger partial charge >= 0.3 is 0 Å². The van der Waals surface area contributed by atoms with E-state index in [1.807, 2.05) is 109 Å². The average Bonchev–Trinajstić information content (AvgIpc) is 3.74. The number of hydrogen-bond donors (Lipinski definition) is 2. The summed E-state index contributed by atoms with van der Waals surface area (Å²) in [6.45, 7) is -0.0995. The Morgan fingerprint density at radius 1 is 0.385 bits per heavy atom. The van der Waals surface area contributed by atoms with Gasteiger partial charge in [-0.2, -0.15) is 0 Å². The van der Waals surface area contributed by atoms with Gasteiger partial charge in [0.05, 0.1) is 13.2 Å². The summed E-state index contributed by atoms with van der Waals surface area (Å²) in [5.74, 6) is 2.67. The Kier molecular flexibility index (Phi) is 6.99. The van der Waals surface area contributed by atoms with E-state index in [-0.39, 0.29) is 13.2 Å². The Hall–Kier alpha value is -6.60. The number of fused-ring (bicyclic) bond motifs is 8. The molecule has 6 heteroatoms. The Labute approximate surface area is 297 Å². The second-order valence-corrected chi connectivity index (χ2v) is 13.0. The molecule has 10 rings (SSSR count). The minimum Gasteiger partial charge on any atom is -0.457 e. The van der Waals surface area contributed by atoms with Crippen LogP contribution in [0.25, 0.3) is 76.5 Å². The SMILES string of the molecule is OCc1ccc2oc3ccc(Oc4ccc5ccccc5c4-c4c(Oc5ccc6oc7ccc(CO)cc7c6c5)ccc5ccccc45)cc3c2c1. The van der Waals surface area contributed by atoms with Gasteiger partial charge in [0.15, 0.2) is 0 Å². The molecule has 52 heavy (non-hydrogen) atoms. The summed E-state index contributed by atoms with van der Waals surface area (Å²) in [5.41, 5.74) is 6.45. The molecule has 0 spiro atoms. The topological polar surface area (TPSA) is 85.2 Å². The van der Waals surface area contributed by atoms with Gasteiger partial charge in [-0.25, -0.2) is 0 Å². The number of ether oxygens (including phenoxy) is 2. The van der Waals surface area contributed by atoms with E-state index in [4.69, 9.17) is 18.3 Å². The van der Waals surface area contributed by atoms with Gasteiger partial charge < -0.3 is 28.5 Å². The molecule has 0 amide bonds. The maximum Gasteiger partial charge on any atom is 0.136 e. The van der Waals surface area contributed by atoms with Crippen LogP contribution in [0.5, 0.6) is 23.0 Å². The van der Waals surface area contributed by atoms with E-state index in [0.29, 0.717) is 23.0 Å². The molecule has 0 bridgehead atoms. The fourth-order valence-electron chi connectivity index (χ4n) is 7.37. The molecule has 0 aliphatic carbocycles. The number of rotatable bonds is 7. The normalized spacial score (nSPS) is 11.8. The molecule has 10 aromatic rings. The monoisotopic (exact) mass is 678 g/mol. The van der Waals surface area contributed by atoms with E-state index in [2.05, 4.69) is 36.4 Å². The van der Waals surface area contributed by atoms with Crippen LogP contribution in [0, 0.1) is 0 Å². The minimum atomic E-state index is -0.0497. The molecule has 0 fully saturated rings. The summed E-state index contributed by atoms with van der Waals surface area (Å²) in [4.78, 5) is 0. The highest BCUT2D eigenvalue weighted by atomic mass is 16.5. The molecule has 8 aromatic carbocycles. The molecule has 0 saturated heterocycles. The highest BCUT2D eigenvalue weighted by molar-refractivity contribution is 6.11. The smallest absolute Gasteiger partial charge is 0.136 e. The predicted octanol–water partition coefficient (Wildman–Crippen LogP) is 12.0. The molecule has 0 aliphatic rings. The average molecular weight is 679 g/mol. The number of aliphatic hydroxyl groups is 2. The van der Waals surface area contributed by atoms with Crippen molar-refractivity contribution in [2.75, 3.05) is 0 Å². The van der Waals surface area contributed by atoms with Crippen molar-refractivity contribution in [2.24, 2.45) is 0 Å². The summed E-state index contributed by atoms with van der Waals surface area (Å²) in [7, 11) is 0. The van der Waals surface area contributed by atoms with E-state index in [0.717, 1.165) is 87.7 Å². The molecular formula is C46H30O6. The lowest BCUT2D eigenvalue weighted by Crippen LogP contribution is -1.95. The Morgan fingerprint density at radius 3 is 1.23 bits per heavy atom. The number of furan rings is 2. The molecule has 250 valence electrons. The van der Waals surface area contributed by atoms with Crippen molar-refractivity contribution in [1.29, 1.82) is 0 Å². The maximum absolute atomic E-state index is 9.79. The van der Waals surface area contributed by atoms with Crippen LogP contribution in [-0.2, 0) is 13.2 Å². The molecule has 0 aliphatic heterocycles. The molecule has 2 aromatic heterocycles. The van der Waals surface area contributed by atoms with Gasteiger partial charge in [0, 0.05) is 32.7 Å². The van der Waals surface area contributed by atoms with Gasteiger partial charge in [-0.05, 0) is 105 Å². The third-order valence-electron chi connectivity index (χ3n) is 9.86. The van der Waals surface area contributed by atoms with Crippen LogP contribution in [-0.4, -0.2) is 10.2 Å². The van der Waals surface area contributed by atoms with Gasteiger partial charge in [0.25, 0.3) is 0 Å². The summed E-state index contributed by atoms with van der Waals surface area (Å²) >= 11 is 0. The minimum absolute atomic E-state index is 0.0497. The van der Waals surface area contributed by atoms with E-state index >= 15 is 0 Å². The predicted molar refractivity (Wildman–Crippen MR) is 206 cm³/mol. The lowest BCUT2D eigenvalue weighted by Gasteiger charge is -2.19. The van der Waals surface area contributed by atoms with Gasteiger partial charge in [-0.1, -0.05) is 72.8 Å². The first-order chi connectivity index (χ1) is 25.6. The fraction of sp³-hybridized carbons (Fsp3) is 0.0435. The van der Waals surface area contributed by atoms with Crippen molar-refractivity contribution in [1.82, 2.24) is 0 Å². The van der Waals surface area contributed by atoms with Crippen LogP contribution in [0.1, 0.15) is 11.1 Å². The first kappa shape index (κ1) is 30.2. The zero-order valence-corrected chi connectivity index (χ0v) is 27.8. The van der Waals surface area contributed by atoms with Gasteiger partial charge in [-0.3, -0.25) is 0 Å². The summed E-state index contributed by atoms with van der Waals surface area (Å²) in [6, 6.07) is 48.0. The van der Waals surface area contributed by atoms with E-state index < -0.39 is 0 Å². The Bertz CT molecular complexity index is 2800. The summed E-state index contributed by atoms with van der Waals surface area (Å²) < 4.78 is 25.9. The van der Waals surface area contributed by atoms with Crippen molar-refractivity contribution < 1.29 is 28.5 Å². The zero-order chi connectivity index (χ0) is 34.8. The van der Waals surface area contributed by atoms with E-state index in [1.165, 1.54) is 0 Å². The first-order valence-corrected chi connectivity index (χ1v) is 17.2. The van der Waals surface area contributed by atoms with Gasteiger partial charge in [-0.15, -0.1) is 0 Å². The van der Waals surface area contributed by atoms with Crippen molar-refractivity contribution in [3.8, 4) is 34.1 Å². The van der Waals surface area contributed by atoms with Crippen LogP contribution >= 0.6 is 0 Å². The Morgan fingerprint density at radius 2 is 0.788 bits per heavy atom.